The minimum Gasteiger partial charge on any atom is -0.477 e. The first-order chi connectivity index (χ1) is 12.9. The van der Waals surface area contributed by atoms with Crippen LogP contribution in [0, 0.1) is 5.82 Å². The molecule has 1 aliphatic rings. The van der Waals surface area contributed by atoms with Gasteiger partial charge in [0, 0.05) is 38.9 Å². The molecule has 0 radical (unpaired) electrons. The van der Waals surface area contributed by atoms with E-state index in [2.05, 4.69) is 0 Å². The molecule has 3 rings (SSSR count). The molecule has 0 amide bonds. The number of hydrogen-bond acceptors (Lipinski definition) is 4. The number of halogens is 4. The molecule has 2 heterocycles. The van der Waals surface area contributed by atoms with Gasteiger partial charge >= 0.3 is 12.1 Å². The van der Waals surface area contributed by atoms with Gasteiger partial charge in [0.2, 0.25) is 5.43 Å². The highest BCUT2D eigenvalue weighted by atomic mass is 19.4. The average Bonchev–Trinajstić information content (AvgIpc) is 2.58. The van der Waals surface area contributed by atoms with Crippen molar-refractivity contribution in [1.82, 2.24) is 9.47 Å². The number of hydrogen-bond donors (Lipinski definition) is 1. The quantitative estimate of drug-likeness (QED) is 0.784. The van der Waals surface area contributed by atoms with Gasteiger partial charge in [-0.1, -0.05) is 0 Å². The summed E-state index contributed by atoms with van der Waals surface area (Å²) in [7, 11) is 3.04. The van der Waals surface area contributed by atoms with Crippen LogP contribution in [-0.4, -0.2) is 53.3 Å². The molecule has 0 aliphatic carbocycles. The summed E-state index contributed by atoms with van der Waals surface area (Å²) in [6, 6.07) is 0.612. The zero-order valence-corrected chi connectivity index (χ0v) is 15.5. The second-order valence-electron chi connectivity index (χ2n) is 7.04. The van der Waals surface area contributed by atoms with Crippen molar-refractivity contribution in [2.24, 2.45) is 7.05 Å². The fourth-order valence-corrected chi connectivity index (χ4v) is 3.61. The van der Waals surface area contributed by atoms with Gasteiger partial charge in [0.05, 0.1) is 16.6 Å². The summed E-state index contributed by atoms with van der Waals surface area (Å²) in [5.74, 6) is -2.79. The number of nitrogens with zero attached hydrogens (tertiary/aromatic N) is 3. The van der Waals surface area contributed by atoms with E-state index in [1.165, 1.54) is 11.9 Å². The molecule has 1 N–H and O–H groups in total. The van der Waals surface area contributed by atoms with E-state index in [0.717, 1.165) is 10.8 Å². The first-order valence-electron chi connectivity index (χ1n) is 8.55. The summed E-state index contributed by atoms with van der Waals surface area (Å²) in [5, 5.41) is 8.51. The molecular weight excluding hydrogens is 382 g/mol. The lowest BCUT2D eigenvalue weighted by Crippen LogP contribution is -2.50. The van der Waals surface area contributed by atoms with Crippen molar-refractivity contribution in [3.05, 3.63) is 39.4 Å². The first-order valence-corrected chi connectivity index (χ1v) is 8.55. The van der Waals surface area contributed by atoms with Gasteiger partial charge < -0.3 is 19.5 Å². The van der Waals surface area contributed by atoms with Crippen LogP contribution >= 0.6 is 0 Å². The van der Waals surface area contributed by atoms with Gasteiger partial charge in [-0.25, -0.2) is 9.18 Å². The van der Waals surface area contributed by atoms with Crippen LogP contribution in [0.1, 0.15) is 22.8 Å². The van der Waals surface area contributed by atoms with Gasteiger partial charge in [-0.15, -0.1) is 0 Å². The Labute approximate surface area is 157 Å². The Bertz CT molecular complexity index is 1020. The van der Waals surface area contributed by atoms with Crippen molar-refractivity contribution >= 4 is 22.6 Å². The molecule has 1 saturated heterocycles. The van der Waals surface area contributed by atoms with Crippen LogP contribution in [0.2, 0.25) is 0 Å². The van der Waals surface area contributed by atoms with Crippen LogP contribution in [-0.2, 0) is 13.2 Å². The van der Waals surface area contributed by atoms with Gasteiger partial charge in [-0.3, -0.25) is 4.79 Å². The van der Waals surface area contributed by atoms with E-state index in [-0.39, 0.29) is 19.1 Å². The Morgan fingerprint density at radius 1 is 1.25 bits per heavy atom. The van der Waals surface area contributed by atoms with E-state index in [4.69, 9.17) is 5.11 Å². The summed E-state index contributed by atoms with van der Waals surface area (Å²) in [5.41, 5.74) is -4.29. The number of alkyl halides is 3. The number of rotatable bonds is 2. The number of piperazine rings is 1. The molecule has 1 aliphatic heterocycles. The number of aromatic nitrogens is 1. The lowest BCUT2D eigenvalue weighted by molar-refractivity contribution is -0.136. The number of likely N-dealkylation sites (N-methyl/N-ethyl adjacent to an activating group) is 1. The highest BCUT2D eigenvalue weighted by Gasteiger charge is 2.41. The average molecular weight is 401 g/mol. The van der Waals surface area contributed by atoms with Crippen LogP contribution < -0.4 is 10.3 Å². The van der Waals surface area contributed by atoms with E-state index < -0.39 is 51.1 Å². The Morgan fingerprint density at radius 2 is 1.89 bits per heavy atom. The third-order valence-electron chi connectivity index (χ3n) is 5.18. The largest absolute Gasteiger partial charge is 0.477 e. The minimum atomic E-state index is -4.95. The van der Waals surface area contributed by atoms with Crippen molar-refractivity contribution in [2.75, 3.05) is 31.6 Å². The molecule has 2 aromatic rings. The van der Waals surface area contributed by atoms with Crippen molar-refractivity contribution < 1.29 is 27.5 Å². The molecule has 152 valence electrons. The smallest absolute Gasteiger partial charge is 0.420 e. The predicted molar refractivity (Wildman–Crippen MR) is 95.4 cm³/mol. The highest BCUT2D eigenvalue weighted by molar-refractivity contribution is 5.95. The molecule has 1 fully saturated rings. The third-order valence-corrected chi connectivity index (χ3v) is 5.18. The maximum absolute atomic E-state index is 14.9. The number of aryl methyl sites for hydroxylation is 1. The third kappa shape index (κ3) is 3.21. The molecule has 0 spiro atoms. The first kappa shape index (κ1) is 20.1. The van der Waals surface area contributed by atoms with Crippen LogP contribution in [0.25, 0.3) is 10.9 Å². The molecule has 0 saturated carbocycles. The fourth-order valence-electron chi connectivity index (χ4n) is 3.61. The number of pyridine rings is 1. The molecule has 6 nitrogen and oxygen atoms in total. The molecule has 0 bridgehead atoms. The van der Waals surface area contributed by atoms with Crippen LogP contribution in [0.4, 0.5) is 23.2 Å². The van der Waals surface area contributed by atoms with Gasteiger partial charge in [0.1, 0.15) is 16.9 Å². The normalized spacial score (nSPS) is 18.7. The Morgan fingerprint density at radius 3 is 2.43 bits per heavy atom. The second-order valence-corrected chi connectivity index (χ2v) is 7.04. The van der Waals surface area contributed by atoms with Crippen LogP contribution in [0.3, 0.4) is 0 Å². The Balaban J connectivity index is 2.39. The van der Waals surface area contributed by atoms with E-state index >= 15 is 0 Å². The fraction of sp³-hybridized carbons (Fsp3) is 0.444. The number of aromatic carboxylic acids is 1. The Kier molecular flexibility index (Phi) is 4.86. The van der Waals surface area contributed by atoms with Crippen LogP contribution in [0.15, 0.2) is 17.1 Å². The van der Waals surface area contributed by atoms with E-state index in [9.17, 15) is 27.2 Å². The lowest BCUT2D eigenvalue weighted by Gasteiger charge is -2.40. The summed E-state index contributed by atoms with van der Waals surface area (Å²) >= 11 is 0. The second kappa shape index (κ2) is 6.77. The van der Waals surface area contributed by atoms with E-state index in [1.807, 2.05) is 18.9 Å². The summed E-state index contributed by atoms with van der Waals surface area (Å²) in [6.45, 7) is 2.65. The topological polar surface area (TPSA) is 65.8 Å². The van der Waals surface area contributed by atoms with E-state index in [1.54, 1.807) is 0 Å². The molecule has 28 heavy (non-hydrogen) atoms. The molecular formula is C18H19F4N3O3. The molecule has 1 aromatic heterocycles. The van der Waals surface area contributed by atoms with Crippen molar-refractivity contribution in [3.63, 3.8) is 0 Å². The summed E-state index contributed by atoms with van der Waals surface area (Å²) in [6.07, 6.45) is -4.12. The van der Waals surface area contributed by atoms with Crippen molar-refractivity contribution in [2.45, 2.75) is 19.1 Å². The SMILES string of the molecule is CC1CN(c2c(F)cc3c(=O)c(C(=O)O)cn(C)c3c2C(F)(F)F)CCN1C. The standard InChI is InChI=1S/C18H19F4N3O3/c1-9-7-25(5-4-23(9)2)15-12(19)6-10-14(13(15)18(20,21)22)24(3)8-11(16(10)26)17(27)28/h6,8-9H,4-5,7H2,1-3H3,(H,27,28). The lowest BCUT2D eigenvalue weighted by atomic mass is 10.0. The summed E-state index contributed by atoms with van der Waals surface area (Å²) < 4.78 is 57.9. The molecule has 1 aromatic carbocycles. The minimum absolute atomic E-state index is 0.0943. The van der Waals surface area contributed by atoms with Crippen LogP contribution in [0.5, 0.6) is 0 Å². The number of benzene rings is 1. The van der Waals surface area contributed by atoms with Gasteiger partial charge in [-0.2, -0.15) is 13.2 Å². The maximum atomic E-state index is 14.9. The number of carbonyl (C=O) groups is 1. The molecule has 1 atom stereocenters. The van der Waals surface area contributed by atoms with Gasteiger partial charge in [0.25, 0.3) is 0 Å². The Hall–Kier alpha value is -2.62. The number of carboxylic acid groups (broad SMARTS) is 1. The highest BCUT2D eigenvalue weighted by Crippen LogP contribution is 2.43. The summed E-state index contributed by atoms with van der Waals surface area (Å²) in [4.78, 5) is 26.9. The van der Waals surface area contributed by atoms with Crippen molar-refractivity contribution in [1.29, 1.82) is 0 Å². The number of anilines is 1. The maximum Gasteiger partial charge on any atom is 0.420 e. The zero-order valence-electron chi connectivity index (χ0n) is 15.5. The van der Waals surface area contributed by atoms with E-state index in [0.29, 0.717) is 12.6 Å². The monoisotopic (exact) mass is 401 g/mol. The molecule has 10 heteroatoms. The van der Waals surface area contributed by atoms with Gasteiger partial charge in [0.15, 0.2) is 0 Å². The predicted octanol–water partition coefficient (Wildman–Crippen LogP) is 2.53. The molecule has 1 unspecified atom stereocenters. The van der Waals surface area contributed by atoms with Gasteiger partial charge in [-0.05, 0) is 20.0 Å². The number of fused-ring (bicyclic) bond motifs is 1. The zero-order chi connectivity index (χ0) is 21.0. The van der Waals surface area contributed by atoms with Crippen molar-refractivity contribution in [3.8, 4) is 0 Å². The number of carboxylic acids is 1.